The zero-order chi connectivity index (χ0) is 14.7. The number of Topliss-reactive ketones (excluding diaryl/α,β-unsaturated/α-hetero) is 1. The highest BCUT2D eigenvalue weighted by molar-refractivity contribution is 6.04. The molecule has 0 unspecified atom stereocenters. The number of aromatic nitrogens is 2. The first-order valence-electron chi connectivity index (χ1n) is 6.47. The molecule has 0 amide bonds. The number of hydrogen-bond acceptors (Lipinski definition) is 4. The Bertz CT molecular complexity index is 690. The fourth-order valence-corrected chi connectivity index (χ4v) is 2.11. The van der Waals surface area contributed by atoms with Crippen molar-refractivity contribution in [3.63, 3.8) is 0 Å². The van der Waals surface area contributed by atoms with Crippen LogP contribution >= 0.6 is 0 Å². The van der Waals surface area contributed by atoms with Crippen molar-refractivity contribution in [2.24, 2.45) is 7.05 Å². The molecular weight excluding hydrogens is 254 g/mol. The lowest BCUT2D eigenvalue weighted by Gasteiger charge is -2.14. The van der Waals surface area contributed by atoms with Crippen molar-refractivity contribution >= 4 is 11.5 Å². The third-order valence-corrected chi connectivity index (χ3v) is 3.00. The topological polar surface area (TPSA) is 64.0 Å². The number of rotatable bonds is 4. The van der Waals surface area contributed by atoms with E-state index in [9.17, 15) is 9.59 Å². The first-order chi connectivity index (χ1) is 9.56. The van der Waals surface area contributed by atoms with E-state index in [4.69, 9.17) is 0 Å². The molecule has 2 aromatic rings. The molecule has 1 aromatic heterocycles. The molecule has 1 heterocycles. The highest BCUT2D eigenvalue weighted by Crippen LogP contribution is 2.25. The van der Waals surface area contributed by atoms with Crippen LogP contribution in [0.1, 0.15) is 24.2 Å². The van der Waals surface area contributed by atoms with Crippen LogP contribution in [0.25, 0.3) is 11.3 Å². The van der Waals surface area contributed by atoms with Crippen molar-refractivity contribution < 1.29 is 4.79 Å². The highest BCUT2D eigenvalue weighted by Gasteiger charge is 2.20. The number of benzene rings is 1. The number of carbonyl (C=O) groups is 1. The number of hydrogen-bond donors (Lipinski definition) is 1. The largest absolute Gasteiger partial charge is 0.380 e. The molecule has 0 aliphatic heterocycles. The quantitative estimate of drug-likeness (QED) is 0.865. The van der Waals surface area contributed by atoms with Crippen LogP contribution in [0.5, 0.6) is 0 Å². The van der Waals surface area contributed by atoms with Gasteiger partial charge < -0.3 is 5.32 Å². The number of carbonyl (C=O) groups excluding carboxylic acids is 1. The van der Waals surface area contributed by atoms with E-state index >= 15 is 0 Å². The molecule has 0 aliphatic carbocycles. The smallest absolute Gasteiger partial charge is 0.290 e. The first-order valence-corrected chi connectivity index (χ1v) is 6.47. The summed E-state index contributed by atoms with van der Waals surface area (Å²) in [5.41, 5.74) is 1.71. The van der Waals surface area contributed by atoms with Crippen molar-refractivity contribution in [1.29, 1.82) is 0 Å². The van der Waals surface area contributed by atoms with E-state index < -0.39 is 0 Å². The Balaban J connectivity index is 2.81. The molecule has 104 valence electrons. The summed E-state index contributed by atoms with van der Waals surface area (Å²) >= 11 is 0. The van der Waals surface area contributed by atoms with E-state index in [0.29, 0.717) is 23.5 Å². The average molecular weight is 271 g/mol. The molecule has 5 nitrogen and oxygen atoms in total. The van der Waals surface area contributed by atoms with Gasteiger partial charge in [0.25, 0.3) is 5.56 Å². The first kappa shape index (κ1) is 14.0. The predicted molar refractivity (Wildman–Crippen MR) is 79.1 cm³/mol. The zero-order valence-electron chi connectivity index (χ0n) is 11.8. The Morgan fingerprint density at radius 1 is 1.30 bits per heavy atom. The Morgan fingerprint density at radius 2 is 1.95 bits per heavy atom. The second kappa shape index (κ2) is 5.69. The van der Waals surface area contributed by atoms with Crippen LogP contribution in [0.4, 0.5) is 5.69 Å². The molecule has 2 rings (SSSR count). The molecule has 0 spiro atoms. The summed E-state index contributed by atoms with van der Waals surface area (Å²) in [5.74, 6) is -0.176. The summed E-state index contributed by atoms with van der Waals surface area (Å²) in [7, 11) is 1.58. The molecule has 5 heteroatoms. The van der Waals surface area contributed by atoms with E-state index in [1.54, 1.807) is 7.05 Å². The molecule has 0 saturated heterocycles. The maximum Gasteiger partial charge on any atom is 0.290 e. The summed E-state index contributed by atoms with van der Waals surface area (Å²) in [4.78, 5) is 24.1. The third-order valence-electron chi connectivity index (χ3n) is 3.00. The van der Waals surface area contributed by atoms with Gasteiger partial charge in [0.15, 0.2) is 5.78 Å². The van der Waals surface area contributed by atoms with Crippen molar-refractivity contribution in [2.75, 3.05) is 11.9 Å². The lowest BCUT2D eigenvalue weighted by Crippen LogP contribution is -2.27. The standard InChI is InChI=1S/C15H17N3O2/c1-4-16-14-12(10(2)19)13(17-18(3)15(14)20)11-8-6-5-7-9-11/h5-9,16H,4H2,1-3H3. The number of ketones is 1. The van der Waals surface area contributed by atoms with Crippen molar-refractivity contribution in [1.82, 2.24) is 9.78 Å². The van der Waals surface area contributed by atoms with Gasteiger partial charge in [-0.15, -0.1) is 0 Å². The predicted octanol–water partition coefficient (Wildman–Crippen LogP) is 2.08. The average Bonchev–Trinajstić information content (AvgIpc) is 2.44. The van der Waals surface area contributed by atoms with Crippen LogP contribution in [-0.2, 0) is 7.05 Å². The Morgan fingerprint density at radius 3 is 2.50 bits per heavy atom. The van der Waals surface area contributed by atoms with Crippen molar-refractivity contribution in [2.45, 2.75) is 13.8 Å². The second-order valence-corrected chi connectivity index (χ2v) is 4.48. The summed E-state index contributed by atoms with van der Waals surface area (Å²) in [6, 6.07) is 9.38. The number of aryl methyl sites for hydroxylation is 1. The van der Waals surface area contributed by atoms with Crippen LogP contribution in [0.3, 0.4) is 0 Å². The molecule has 0 saturated carbocycles. The molecule has 1 aromatic carbocycles. The molecule has 0 fully saturated rings. The van der Waals surface area contributed by atoms with E-state index in [2.05, 4.69) is 10.4 Å². The molecular formula is C15H17N3O2. The van der Waals surface area contributed by atoms with Gasteiger partial charge in [-0.2, -0.15) is 5.10 Å². The monoisotopic (exact) mass is 271 g/mol. The fraction of sp³-hybridized carbons (Fsp3) is 0.267. The number of nitrogens with zero attached hydrogens (tertiary/aromatic N) is 2. The minimum Gasteiger partial charge on any atom is -0.380 e. The van der Waals surface area contributed by atoms with Gasteiger partial charge in [0.2, 0.25) is 0 Å². The Hall–Kier alpha value is -2.43. The van der Waals surface area contributed by atoms with Gasteiger partial charge in [0, 0.05) is 19.2 Å². The third kappa shape index (κ3) is 2.47. The van der Waals surface area contributed by atoms with Crippen molar-refractivity contribution in [3.8, 4) is 11.3 Å². The fourth-order valence-electron chi connectivity index (χ4n) is 2.11. The Labute approximate surface area is 117 Å². The maximum absolute atomic E-state index is 12.2. The zero-order valence-corrected chi connectivity index (χ0v) is 11.8. The number of nitrogens with one attached hydrogen (secondary N) is 1. The van der Waals surface area contributed by atoms with Crippen LogP contribution in [0, 0.1) is 0 Å². The number of anilines is 1. The highest BCUT2D eigenvalue weighted by atomic mass is 16.1. The molecule has 0 radical (unpaired) electrons. The van der Waals surface area contributed by atoms with E-state index in [1.165, 1.54) is 11.6 Å². The van der Waals surface area contributed by atoms with Crippen LogP contribution in [0.2, 0.25) is 0 Å². The van der Waals surface area contributed by atoms with E-state index in [0.717, 1.165) is 5.56 Å². The van der Waals surface area contributed by atoms with E-state index in [-0.39, 0.29) is 11.3 Å². The van der Waals surface area contributed by atoms with Gasteiger partial charge >= 0.3 is 0 Å². The maximum atomic E-state index is 12.2. The van der Waals surface area contributed by atoms with Crippen LogP contribution in [0.15, 0.2) is 35.1 Å². The lowest BCUT2D eigenvalue weighted by atomic mass is 10.0. The van der Waals surface area contributed by atoms with Gasteiger partial charge in [-0.3, -0.25) is 9.59 Å². The SMILES string of the molecule is CCNc1c(C(C)=O)c(-c2ccccc2)nn(C)c1=O. The second-order valence-electron chi connectivity index (χ2n) is 4.48. The van der Waals surface area contributed by atoms with Gasteiger partial charge in [0.1, 0.15) is 11.4 Å². The molecule has 20 heavy (non-hydrogen) atoms. The summed E-state index contributed by atoms with van der Waals surface area (Å²) in [6.07, 6.45) is 0. The minimum atomic E-state index is -0.295. The molecule has 1 N–H and O–H groups in total. The summed E-state index contributed by atoms with van der Waals surface area (Å²) in [6.45, 7) is 3.89. The van der Waals surface area contributed by atoms with Gasteiger partial charge in [0.05, 0.1) is 5.56 Å². The normalized spacial score (nSPS) is 10.3. The van der Waals surface area contributed by atoms with Gasteiger partial charge in [-0.05, 0) is 13.8 Å². The van der Waals surface area contributed by atoms with Gasteiger partial charge in [-0.25, -0.2) is 4.68 Å². The lowest BCUT2D eigenvalue weighted by molar-refractivity contribution is 0.101. The summed E-state index contributed by atoms with van der Waals surface area (Å²) < 4.78 is 1.26. The van der Waals surface area contributed by atoms with Crippen LogP contribution < -0.4 is 10.9 Å². The minimum absolute atomic E-state index is 0.176. The summed E-state index contributed by atoms with van der Waals surface area (Å²) in [5, 5.41) is 7.23. The van der Waals surface area contributed by atoms with Gasteiger partial charge in [-0.1, -0.05) is 30.3 Å². The van der Waals surface area contributed by atoms with E-state index in [1.807, 2.05) is 37.3 Å². The Kier molecular flexibility index (Phi) is 3.98. The van der Waals surface area contributed by atoms with Crippen molar-refractivity contribution in [3.05, 3.63) is 46.2 Å². The van der Waals surface area contributed by atoms with Crippen LogP contribution in [-0.4, -0.2) is 22.1 Å². The molecule has 0 atom stereocenters. The molecule has 0 bridgehead atoms. The molecule has 0 aliphatic rings.